The third-order valence-corrected chi connectivity index (χ3v) is 4.92. The second kappa shape index (κ2) is 7.82. The van der Waals surface area contributed by atoms with Crippen LogP contribution >= 0.6 is 23.1 Å². The number of nitrogens with zero attached hydrogens (tertiary/aromatic N) is 2. The monoisotopic (exact) mass is 327 g/mol. The van der Waals surface area contributed by atoms with Crippen molar-refractivity contribution in [2.24, 2.45) is 5.73 Å². The van der Waals surface area contributed by atoms with E-state index in [0.717, 1.165) is 11.3 Å². The molecule has 0 bridgehead atoms. The SMILES string of the molecule is CSCC[C@@H](N)C(=O)N1CCN(C(=O)c2ccsc2)CC1. The zero-order valence-electron chi connectivity index (χ0n) is 12.2. The maximum atomic E-state index is 12.2. The molecule has 2 rings (SSSR count). The summed E-state index contributed by atoms with van der Waals surface area (Å²) in [5.41, 5.74) is 6.65. The van der Waals surface area contributed by atoms with Gasteiger partial charge in [-0.15, -0.1) is 0 Å². The molecular formula is C14H21N3O2S2. The Morgan fingerprint density at radius 2 is 2.00 bits per heavy atom. The molecule has 1 aromatic rings. The van der Waals surface area contributed by atoms with Crippen LogP contribution in [0.1, 0.15) is 16.8 Å². The van der Waals surface area contributed by atoms with E-state index in [1.807, 2.05) is 23.1 Å². The van der Waals surface area contributed by atoms with Gasteiger partial charge in [0.15, 0.2) is 0 Å². The molecule has 2 amide bonds. The van der Waals surface area contributed by atoms with Gasteiger partial charge < -0.3 is 15.5 Å². The predicted octanol–water partition coefficient (Wildman–Crippen LogP) is 1.11. The summed E-state index contributed by atoms with van der Waals surface area (Å²) in [6, 6.07) is 1.42. The molecule has 0 aromatic carbocycles. The average molecular weight is 327 g/mol. The Bertz CT molecular complexity index is 471. The molecule has 21 heavy (non-hydrogen) atoms. The van der Waals surface area contributed by atoms with Crippen LogP contribution in [0.25, 0.3) is 0 Å². The minimum atomic E-state index is -0.420. The Balaban J connectivity index is 1.83. The van der Waals surface area contributed by atoms with Crippen molar-refractivity contribution >= 4 is 34.9 Å². The van der Waals surface area contributed by atoms with Gasteiger partial charge in [-0.2, -0.15) is 23.1 Å². The van der Waals surface area contributed by atoms with Crippen LogP contribution < -0.4 is 5.73 Å². The standard InChI is InChI=1S/C14H21N3O2S2/c1-20-8-3-12(15)14(19)17-6-4-16(5-7-17)13(18)11-2-9-21-10-11/h2,9-10,12H,3-8,15H2,1H3/t12-/m1/s1. The molecule has 1 atom stereocenters. The highest BCUT2D eigenvalue weighted by molar-refractivity contribution is 7.98. The molecule has 1 fully saturated rings. The third kappa shape index (κ3) is 4.21. The summed E-state index contributed by atoms with van der Waals surface area (Å²) in [4.78, 5) is 28.0. The number of nitrogens with two attached hydrogens (primary N) is 1. The van der Waals surface area contributed by atoms with Crippen molar-refractivity contribution in [3.8, 4) is 0 Å². The first-order chi connectivity index (χ1) is 10.1. The van der Waals surface area contributed by atoms with E-state index >= 15 is 0 Å². The van der Waals surface area contributed by atoms with Crippen LogP contribution in [0.5, 0.6) is 0 Å². The van der Waals surface area contributed by atoms with Gasteiger partial charge >= 0.3 is 0 Å². The number of thioether (sulfide) groups is 1. The first-order valence-corrected chi connectivity index (χ1v) is 9.32. The van der Waals surface area contributed by atoms with Gasteiger partial charge in [0.2, 0.25) is 5.91 Å². The first kappa shape index (κ1) is 16.3. The lowest BCUT2D eigenvalue weighted by Crippen LogP contribution is -2.54. The fourth-order valence-electron chi connectivity index (χ4n) is 2.30. The summed E-state index contributed by atoms with van der Waals surface area (Å²) >= 11 is 3.21. The Kier molecular flexibility index (Phi) is 6.08. The summed E-state index contributed by atoms with van der Waals surface area (Å²) in [6.45, 7) is 2.30. The Morgan fingerprint density at radius 1 is 1.33 bits per heavy atom. The van der Waals surface area contributed by atoms with Crippen LogP contribution in [-0.4, -0.2) is 65.8 Å². The van der Waals surface area contributed by atoms with Crippen LogP contribution in [0.15, 0.2) is 16.8 Å². The molecule has 0 spiro atoms. The van der Waals surface area contributed by atoms with Crippen molar-refractivity contribution in [1.29, 1.82) is 0 Å². The van der Waals surface area contributed by atoms with Gasteiger partial charge in [0.1, 0.15) is 0 Å². The minimum Gasteiger partial charge on any atom is -0.338 e. The van der Waals surface area contributed by atoms with E-state index in [1.54, 1.807) is 21.6 Å². The van der Waals surface area contributed by atoms with Crippen LogP contribution in [0.4, 0.5) is 0 Å². The fourth-order valence-corrected chi connectivity index (χ4v) is 3.42. The Labute approximate surface area is 133 Å². The van der Waals surface area contributed by atoms with E-state index in [2.05, 4.69) is 0 Å². The molecule has 0 unspecified atom stereocenters. The van der Waals surface area contributed by atoms with Crippen LogP contribution in [0, 0.1) is 0 Å². The van der Waals surface area contributed by atoms with Gasteiger partial charge in [-0.05, 0) is 29.9 Å². The molecule has 1 aliphatic rings. The van der Waals surface area contributed by atoms with Gasteiger partial charge in [0.25, 0.3) is 5.91 Å². The van der Waals surface area contributed by atoms with Gasteiger partial charge in [0, 0.05) is 31.6 Å². The summed E-state index contributed by atoms with van der Waals surface area (Å²) in [5, 5.41) is 3.76. The van der Waals surface area contributed by atoms with Crippen molar-refractivity contribution in [3.05, 3.63) is 22.4 Å². The molecule has 2 N–H and O–H groups in total. The molecule has 2 heterocycles. The highest BCUT2D eigenvalue weighted by Gasteiger charge is 2.27. The van der Waals surface area contributed by atoms with Crippen LogP contribution in [0.3, 0.4) is 0 Å². The molecule has 5 nitrogen and oxygen atoms in total. The number of carbonyl (C=O) groups excluding carboxylic acids is 2. The summed E-state index contributed by atoms with van der Waals surface area (Å²) < 4.78 is 0. The van der Waals surface area contributed by atoms with Crippen molar-refractivity contribution in [2.75, 3.05) is 38.2 Å². The Hall–Kier alpha value is -1.05. The quantitative estimate of drug-likeness (QED) is 0.880. The molecule has 1 saturated heterocycles. The first-order valence-electron chi connectivity index (χ1n) is 6.98. The lowest BCUT2D eigenvalue weighted by molar-refractivity contribution is -0.134. The van der Waals surface area contributed by atoms with Crippen LogP contribution in [0.2, 0.25) is 0 Å². The zero-order chi connectivity index (χ0) is 15.2. The van der Waals surface area contributed by atoms with E-state index in [-0.39, 0.29) is 11.8 Å². The van der Waals surface area contributed by atoms with Crippen molar-refractivity contribution < 1.29 is 9.59 Å². The molecule has 0 aliphatic carbocycles. The summed E-state index contributed by atoms with van der Waals surface area (Å²) in [5.74, 6) is 0.950. The molecule has 1 aliphatic heterocycles. The normalized spacial score (nSPS) is 16.9. The molecule has 7 heteroatoms. The van der Waals surface area contributed by atoms with Gasteiger partial charge in [-0.1, -0.05) is 0 Å². The van der Waals surface area contributed by atoms with Crippen molar-refractivity contribution in [3.63, 3.8) is 0 Å². The third-order valence-electron chi connectivity index (χ3n) is 3.60. The van der Waals surface area contributed by atoms with Gasteiger partial charge in [-0.3, -0.25) is 9.59 Å². The number of thiophene rings is 1. The molecule has 0 saturated carbocycles. The Morgan fingerprint density at radius 3 is 2.57 bits per heavy atom. The maximum Gasteiger partial charge on any atom is 0.254 e. The van der Waals surface area contributed by atoms with Crippen molar-refractivity contribution in [1.82, 2.24) is 9.80 Å². The van der Waals surface area contributed by atoms with Crippen LogP contribution in [-0.2, 0) is 4.79 Å². The molecule has 116 valence electrons. The molecule has 1 aromatic heterocycles. The summed E-state index contributed by atoms with van der Waals surface area (Å²) in [6.07, 6.45) is 2.71. The lowest BCUT2D eigenvalue weighted by Gasteiger charge is -2.35. The van der Waals surface area contributed by atoms with E-state index in [0.29, 0.717) is 32.6 Å². The lowest BCUT2D eigenvalue weighted by atomic mass is 10.2. The highest BCUT2D eigenvalue weighted by Crippen LogP contribution is 2.13. The summed E-state index contributed by atoms with van der Waals surface area (Å²) in [7, 11) is 0. The van der Waals surface area contributed by atoms with Crippen molar-refractivity contribution in [2.45, 2.75) is 12.5 Å². The number of rotatable bonds is 5. The number of hydrogen-bond donors (Lipinski definition) is 1. The zero-order valence-corrected chi connectivity index (χ0v) is 13.8. The van der Waals surface area contributed by atoms with E-state index in [9.17, 15) is 9.59 Å². The smallest absolute Gasteiger partial charge is 0.254 e. The predicted molar refractivity (Wildman–Crippen MR) is 87.8 cm³/mol. The topological polar surface area (TPSA) is 66.6 Å². The van der Waals surface area contributed by atoms with E-state index < -0.39 is 6.04 Å². The second-order valence-electron chi connectivity index (χ2n) is 5.02. The van der Waals surface area contributed by atoms with E-state index in [1.165, 1.54) is 11.3 Å². The number of amides is 2. The van der Waals surface area contributed by atoms with E-state index in [4.69, 9.17) is 5.73 Å². The van der Waals surface area contributed by atoms with Gasteiger partial charge in [-0.25, -0.2) is 0 Å². The molecule has 0 radical (unpaired) electrons. The molecular weight excluding hydrogens is 306 g/mol. The fraction of sp³-hybridized carbons (Fsp3) is 0.571. The number of piperazine rings is 1. The largest absolute Gasteiger partial charge is 0.338 e. The average Bonchev–Trinajstić information content (AvgIpc) is 3.05. The number of hydrogen-bond acceptors (Lipinski definition) is 5. The van der Waals surface area contributed by atoms with Gasteiger partial charge in [0.05, 0.1) is 11.6 Å². The maximum absolute atomic E-state index is 12.2. The minimum absolute atomic E-state index is 0.00619. The highest BCUT2D eigenvalue weighted by atomic mass is 32.2. The number of carbonyl (C=O) groups is 2. The second-order valence-corrected chi connectivity index (χ2v) is 6.78.